The summed E-state index contributed by atoms with van der Waals surface area (Å²) in [6.07, 6.45) is 21.5. The molecule has 3 heteroatoms. The summed E-state index contributed by atoms with van der Waals surface area (Å²) in [7, 11) is 0. The molecule has 102 valence electrons. The number of hydrogen-bond acceptors (Lipinski definition) is 3. The van der Waals surface area contributed by atoms with Crippen molar-refractivity contribution in [3.05, 3.63) is 84.4 Å². The quantitative estimate of drug-likeness (QED) is 0.677. The van der Waals surface area contributed by atoms with Crippen molar-refractivity contribution in [1.29, 1.82) is 0 Å². The van der Waals surface area contributed by atoms with Crippen LogP contribution in [0, 0.1) is 0 Å². The van der Waals surface area contributed by atoms with Crippen LogP contribution in [0.15, 0.2) is 84.4 Å². The van der Waals surface area contributed by atoms with Crippen molar-refractivity contribution < 1.29 is 14.3 Å². The smallest absolute Gasteiger partial charge is 0.220 e. The van der Waals surface area contributed by atoms with Gasteiger partial charge in [-0.1, -0.05) is 48.6 Å². The maximum absolute atomic E-state index is 12.0. The van der Waals surface area contributed by atoms with Crippen LogP contribution >= 0.6 is 0 Å². The highest BCUT2D eigenvalue weighted by atomic mass is 16.5. The summed E-state index contributed by atoms with van der Waals surface area (Å²) < 4.78 is 10.8. The molecule has 2 aliphatic rings. The third kappa shape index (κ3) is 4.28. The van der Waals surface area contributed by atoms with Crippen molar-refractivity contribution in [2.45, 2.75) is 0 Å². The first-order valence-corrected chi connectivity index (χ1v) is 6.39. The molecule has 2 rings (SSSR count). The Morgan fingerprint density at radius 1 is 0.850 bits per heavy atom. The van der Waals surface area contributed by atoms with Crippen molar-refractivity contribution >= 4 is 5.78 Å². The number of hydrogen-bond donors (Lipinski definition) is 0. The minimum Gasteiger partial charge on any atom is -0.496 e. The van der Waals surface area contributed by atoms with Gasteiger partial charge in [0.25, 0.3) is 0 Å². The fraction of sp³-hybridized carbons (Fsp3) is 0.118. The zero-order chi connectivity index (χ0) is 14.0. The zero-order valence-corrected chi connectivity index (χ0v) is 11.1. The van der Waals surface area contributed by atoms with Gasteiger partial charge in [-0.05, 0) is 18.2 Å². The number of ether oxygens (including phenoxy) is 2. The van der Waals surface area contributed by atoms with Gasteiger partial charge in [0.2, 0.25) is 5.78 Å². The summed E-state index contributed by atoms with van der Waals surface area (Å²) in [6.45, 7) is 0.719. The summed E-state index contributed by atoms with van der Waals surface area (Å²) >= 11 is 0. The van der Waals surface area contributed by atoms with Crippen molar-refractivity contribution in [3.63, 3.8) is 0 Å². The maximum atomic E-state index is 12.0. The van der Waals surface area contributed by atoms with Gasteiger partial charge < -0.3 is 9.47 Å². The number of carbonyl (C=O) groups excluding carboxylic acids is 1. The first kappa shape index (κ1) is 13.9. The number of ketones is 1. The molecule has 0 aliphatic carbocycles. The van der Waals surface area contributed by atoms with Crippen molar-refractivity contribution in [3.8, 4) is 0 Å². The average molecular weight is 268 g/mol. The molecule has 0 amide bonds. The van der Waals surface area contributed by atoms with E-state index < -0.39 is 0 Å². The summed E-state index contributed by atoms with van der Waals surface area (Å²) in [5.74, 6) is 0.199. The Balaban J connectivity index is 2.23. The van der Waals surface area contributed by atoms with Crippen LogP contribution in [0.5, 0.6) is 0 Å². The topological polar surface area (TPSA) is 35.5 Å². The lowest BCUT2D eigenvalue weighted by Gasteiger charge is -2.14. The lowest BCUT2D eigenvalue weighted by atomic mass is 10.1. The third-order valence-corrected chi connectivity index (χ3v) is 2.60. The van der Waals surface area contributed by atoms with E-state index in [0.717, 1.165) is 5.57 Å². The van der Waals surface area contributed by atoms with Crippen molar-refractivity contribution in [2.75, 3.05) is 13.2 Å². The Morgan fingerprint density at radius 2 is 1.55 bits per heavy atom. The molecule has 0 aromatic heterocycles. The van der Waals surface area contributed by atoms with Crippen molar-refractivity contribution in [1.82, 2.24) is 0 Å². The second-order valence-electron chi connectivity index (χ2n) is 4.09. The molecule has 0 aromatic carbocycles. The van der Waals surface area contributed by atoms with Gasteiger partial charge >= 0.3 is 0 Å². The fourth-order valence-electron chi connectivity index (χ4n) is 1.68. The Morgan fingerprint density at radius 3 is 2.35 bits per heavy atom. The standard InChI is InChI=1S/C17H16O3/c18-16-11-7-5-3-1-2-4-6-8-12-19-14-15-10-9-13-20-17(15)16/h1-12H,13-14H2. The van der Waals surface area contributed by atoms with E-state index in [2.05, 4.69) is 0 Å². The van der Waals surface area contributed by atoms with Gasteiger partial charge in [-0.25, -0.2) is 0 Å². The van der Waals surface area contributed by atoms with E-state index >= 15 is 0 Å². The van der Waals surface area contributed by atoms with E-state index in [1.165, 1.54) is 6.08 Å². The number of rotatable bonds is 0. The average Bonchev–Trinajstić information content (AvgIpc) is 2.48. The number of allylic oxidation sites excluding steroid dienone is 9. The molecule has 0 spiro atoms. The predicted molar refractivity (Wildman–Crippen MR) is 78.8 cm³/mol. The van der Waals surface area contributed by atoms with E-state index in [9.17, 15) is 4.79 Å². The first-order chi connectivity index (χ1) is 9.88. The molecule has 2 heterocycles. The van der Waals surface area contributed by atoms with Crippen LogP contribution in [0.3, 0.4) is 0 Å². The first-order valence-electron chi connectivity index (χ1n) is 6.39. The van der Waals surface area contributed by atoms with E-state index in [-0.39, 0.29) is 5.78 Å². The molecule has 0 atom stereocenters. The second-order valence-corrected chi connectivity index (χ2v) is 4.09. The minimum atomic E-state index is -0.154. The summed E-state index contributed by atoms with van der Waals surface area (Å²) in [6, 6.07) is 0. The molecule has 0 N–H and O–H groups in total. The molecule has 0 radical (unpaired) electrons. The lowest BCUT2D eigenvalue weighted by Crippen LogP contribution is -2.12. The predicted octanol–water partition coefficient (Wildman–Crippen LogP) is 3.16. The van der Waals surface area contributed by atoms with E-state index in [1.54, 1.807) is 24.5 Å². The molecule has 20 heavy (non-hydrogen) atoms. The van der Waals surface area contributed by atoms with Gasteiger partial charge in [0.05, 0.1) is 6.26 Å². The number of carbonyl (C=O) groups is 1. The fourth-order valence-corrected chi connectivity index (χ4v) is 1.68. The molecule has 0 aromatic rings. The molecule has 0 saturated heterocycles. The van der Waals surface area contributed by atoms with Gasteiger partial charge in [0.1, 0.15) is 13.2 Å². The molecule has 2 aliphatic heterocycles. The van der Waals surface area contributed by atoms with Gasteiger partial charge in [-0.15, -0.1) is 0 Å². The maximum Gasteiger partial charge on any atom is 0.220 e. The Bertz CT molecular complexity index is 555. The van der Waals surface area contributed by atoms with Crippen LogP contribution in [-0.2, 0) is 14.3 Å². The summed E-state index contributed by atoms with van der Waals surface area (Å²) in [4.78, 5) is 12.0. The van der Waals surface area contributed by atoms with E-state index in [0.29, 0.717) is 19.0 Å². The zero-order valence-electron chi connectivity index (χ0n) is 11.1. The summed E-state index contributed by atoms with van der Waals surface area (Å²) in [5, 5.41) is 0. The van der Waals surface area contributed by atoms with Gasteiger partial charge in [0, 0.05) is 5.57 Å². The van der Waals surface area contributed by atoms with Crippen LogP contribution in [0.25, 0.3) is 0 Å². The molecular weight excluding hydrogens is 252 g/mol. The Hall–Kier alpha value is -2.55. The van der Waals surface area contributed by atoms with Crippen LogP contribution in [0.1, 0.15) is 0 Å². The molecule has 0 fully saturated rings. The van der Waals surface area contributed by atoms with Crippen LogP contribution < -0.4 is 0 Å². The molecular formula is C17H16O3. The second kappa shape index (κ2) is 7.79. The molecule has 0 bridgehead atoms. The largest absolute Gasteiger partial charge is 0.496 e. The normalized spacial score (nSPS) is 19.1. The van der Waals surface area contributed by atoms with E-state index in [1.807, 2.05) is 42.5 Å². The Labute approximate surface area is 118 Å². The van der Waals surface area contributed by atoms with Crippen LogP contribution in [0.4, 0.5) is 0 Å². The summed E-state index contributed by atoms with van der Waals surface area (Å²) in [5.41, 5.74) is 0.747. The monoisotopic (exact) mass is 268 g/mol. The Kier molecular flexibility index (Phi) is 5.40. The third-order valence-electron chi connectivity index (χ3n) is 2.60. The van der Waals surface area contributed by atoms with Gasteiger partial charge in [-0.3, -0.25) is 4.79 Å². The van der Waals surface area contributed by atoms with Crippen molar-refractivity contribution in [2.24, 2.45) is 0 Å². The van der Waals surface area contributed by atoms with Crippen LogP contribution in [0.2, 0.25) is 0 Å². The highest BCUT2D eigenvalue weighted by Gasteiger charge is 2.15. The molecule has 0 saturated carbocycles. The van der Waals surface area contributed by atoms with E-state index in [4.69, 9.17) is 9.47 Å². The SMILES string of the molecule is O=C1C=CC=CC=CC=CC=COCC2=C1OCC=C2. The molecule has 0 unspecified atom stereocenters. The minimum absolute atomic E-state index is 0.154. The molecule has 3 nitrogen and oxygen atoms in total. The van der Waals surface area contributed by atoms with Crippen LogP contribution in [-0.4, -0.2) is 19.0 Å². The van der Waals surface area contributed by atoms with Gasteiger partial charge in [0.15, 0.2) is 5.76 Å². The highest BCUT2D eigenvalue weighted by molar-refractivity contribution is 6.03. The van der Waals surface area contributed by atoms with Gasteiger partial charge in [-0.2, -0.15) is 0 Å². The lowest BCUT2D eigenvalue weighted by molar-refractivity contribution is -0.114. The highest BCUT2D eigenvalue weighted by Crippen LogP contribution is 2.15.